The zero-order valence-electron chi connectivity index (χ0n) is 12.3. The van der Waals surface area contributed by atoms with Crippen molar-refractivity contribution in [1.82, 2.24) is 9.62 Å². The number of benzene rings is 1. The van der Waals surface area contributed by atoms with Gasteiger partial charge in [0.15, 0.2) is 0 Å². The molecule has 1 heterocycles. The molecule has 0 aliphatic carbocycles. The fraction of sp³-hybridized carbons (Fsp3) is 0.600. The Bertz CT molecular complexity index is 537. The van der Waals surface area contributed by atoms with Crippen LogP contribution in [0.15, 0.2) is 29.2 Å². The summed E-state index contributed by atoms with van der Waals surface area (Å²) < 4.78 is 27.1. The molecule has 0 amide bonds. The van der Waals surface area contributed by atoms with Crippen molar-refractivity contribution in [2.45, 2.75) is 31.6 Å². The van der Waals surface area contributed by atoms with Crippen LogP contribution >= 0.6 is 0 Å². The van der Waals surface area contributed by atoms with Gasteiger partial charge in [-0.3, -0.25) is 0 Å². The third-order valence-corrected chi connectivity index (χ3v) is 6.03. The highest BCUT2D eigenvalue weighted by molar-refractivity contribution is 7.89. The largest absolute Gasteiger partial charge is 0.316 e. The summed E-state index contributed by atoms with van der Waals surface area (Å²) in [5, 5.41) is 3.35. The molecule has 1 aromatic rings. The van der Waals surface area contributed by atoms with E-state index in [1.54, 1.807) is 16.4 Å². The van der Waals surface area contributed by atoms with Crippen molar-refractivity contribution in [2.24, 2.45) is 5.92 Å². The summed E-state index contributed by atoms with van der Waals surface area (Å²) in [5.41, 5.74) is 0.813. The highest BCUT2D eigenvalue weighted by Gasteiger charge is 2.27. The third kappa shape index (κ3) is 3.40. The van der Waals surface area contributed by atoms with Gasteiger partial charge in [-0.15, -0.1) is 0 Å². The molecule has 1 unspecified atom stereocenters. The number of nitrogens with one attached hydrogen (secondary N) is 1. The van der Waals surface area contributed by atoms with Crippen LogP contribution in [0.4, 0.5) is 0 Å². The van der Waals surface area contributed by atoms with E-state index < -0.39 is 10.0 Å². The lowest BCUT2D eigenvalue weighted by molar-refractivity contribution is 0.297. The second-order valence-electron chi connectivity index (χ2n) is 5.43. The predicted octanol–water partition coefficient (Wildman–Crippen LogP) is 2.01. The van der Waals surface area contributed by atoms with Crippen LogP contribution in [0.1, 0.15) is 25.3 Å². The van der Waals surface area contributed by atoms with Crippen LogP contribution in [0.2, 0.25) is 0 Å². The zero-order valence-corrected chi connectivity index (χ0v) is 13.1. The molecule has 112 valence electrons. The molecule has 0 radical (unpaired) electrons. The lowest BCUT2D eigenvalue weighted by atomic mass is 10.00. The molecule has 1 atom stereocenters. The maximum atomic E-state index is 12.8. The van der Waals surface area contributed by atoms with Crippen molar-refractivity contribution in [1.29, 1.82) is 0 Å². The second kappa shape index (κ2) is 6.70. The van der Waals surface area contributed by atoms with Gasteiger partial charge in [-0.05, 0) is 50.4 Å². The predicted molar refractivity (Wildman–Crippen MR) is 81.2 cm³/mol. The molecule has 1 aliphatic heterocycles. The van der Waals surface area contributed by atoms with Crippen LogP contribution < -0.4 is 5.32 Å². The molecule has 1 fully saturated rings. The molecule has 1 N–H and O–H groups in total. The van der Waals surface area contributed by atoms with Crippen molar-refractivity contribution < 1.29 is 8.42 Å². The molecule has 2 rings (SSSR count). The average molecular weight is 296 g/mol. The molecule has 20 heavy (non-hydrogen) atoms. The van der Waals surface area contributed by atoms with Crippen LogP contribution in [-0.4, -0.2) is 38.9 Å². The summed E-state index contributed by atoms with van der Waals surface area (Å²) in [6, 6.07) is 7.21. The Kier molecular flexibility index (Phi) is 5.18. The molecule has 1 aromatic carbocycles. The van der Waals surface area contributed by atoms with Gasteiger partial charge in [0.2, 0.25) is 10.0 Å². The molecule has 5 heteroatoms. The quantitative estimate of drug-likeness (QED) is 0.904. The first-order valence-corrected chi connectivity index (χ1v) is 8.76. The summed E-state index contributed by atoms with van der Waals surface area (Å²) in [7, 11) is -3.38. The minimum Gasteiger partial charge on any atom is -0.316 e. The topological polar surface area (TPSA) is 49.4 Å². The Hall–Kier alpha value is -0.910. The van der Waals surface area contributed by atoms with E-state index >= 15 is 0 Å². The van der Waals surface area contributed by atoms with Gasteiger partial charge in [-0.25, -0.2) is 8.42 Å². The van der Waals surface area contributed by atoms with Gasteiger partial charge in [-0.1, -0.05) is 25.1 Å². The van der Waals surface area contributed by atoms with Crippen molar-refractivity contribution in [3.05, 3.63) is 29.8 Å². The Morgan fingerprint density at radius 1 is 1.35 bits per heavy atom. The Labute approximate surface area is 122 Å². The lowest BCUT2D eigenvalue weighted by Gasteiger charge is -2.29. The Morgan fingerprint density at radius 3 is 2.70 bits per heavy atom. The molecule has 0 bridgehead atoms. The van der Waals surface area contributed by atoms with E-state index in [9.17, 15) is 8.42 Å². The zero-order chi connectivity index (χ0) is 14.6. The normalized spacial score (nSPS) is 20.2. The molecule has 1 aliphatic rings. The van der Waals surface area contributed by atoms with E-state index in [-0.39, 0.29) is 0 Å². The fourth-order valence-corrected chi connectivity index (χ4v) is 4.50. The first-order valence-electron chi connectivity index (χ1n) is 7.32. The highest BCUT2D eigenvalue weighted by Crippen LogP contribution is 2.22. The highest BCUT2D eigenvalue weighted by atomic mass is 32.2. The average Bonchev–Trinajstić information content (AvgIpc) is 2.46. The van der Waals surface area contributed by atoms with Gasteiger partial charge in [0, 0.05) is 13.1 Å². The van der Waals surface area contributed by atoms with E-state index in [0.29, 0.717) is 23.9 Å². The Balaban J connectivity index is 2.19. The summed E-state index contributed by atoms with van der Waals surface area (Å²) in [6.45, 7) is 6.86. The number of sulfonamides is 1. The molecular formula is C15H24N2O2S. The summed E-state index contributed by atoms with van der Waals surface area (Å²) in [4.78, 5) is 0.436. The van der Waals surface area contributed by atoms with E-state index in [4.69, 9.17) is 0 Å². The fourth-order valence-electron chi connectivity index (χ4n) is 2.75. The van der Waals surface area contributed by atoms with Crippen molar-refractivity contribution in [3.63, 3.8) is 0 Å². The molecule has 0 saturated carbocycles. The summed E-state index contributed by atoms with van der Waals surface area (Å²) in [6.07, 6.45) is 2.24. The number of aryl methyl sites for hydroxylation is 1. The number of nitrogens with zero attached hydrogens (tertiary/aromatic N) is 1. The summed E-state index contributed by atoms with van der Waals surface area (Å²) >= 11 is 0. The number of hydrogen-bond acceptors (Lipinski definition) is 3. The molecule has 0 aromatic heterocycles. The van der Waals surface area contributed by atoms with Crippen molar-refractivity contribution >= 4 is 10.0 Å². The van der Waals surface area contributed by atoms with Crippen LogP contribution in [0, 0.1) is 12.8 Å². The molecule has 4 nitrogen and oxygen atoms in total. The monoisotopic (exact) mass is 296 g/mol. The van der Waals surface area contributed by atoms with Crippen molar-refractivity contribution in [2.75, 3.05) is 26.2 Å². The standard InChI is InChI=1S/C15H24N2O2S/c1-3-17(12-14-8-6-10-16-11-14)20(18,19)15-9-5-4-7-13(15)2/h4-5,7,9,14,16H,3,6,8,10-12H2,1-2H3. The van der Waals surface area contributed by atoms with Crippen LogP contribution in [0.5, 0.6) is 0 Å². The number of hydrogen-bond donors (Lipinski definition) is 1. The van der Waals surface area contributed by atoms with Crippen molar-refractivity contribution in [3.8, 4) is 0 Å². The molecule has 1 saturated heterocycles. The van der Waals surface area contributed by atoms with Gasteiger partial charge in [-0.2, -0.15) is 4.31 Å². The van der Waals surface area contributed by atoms with E-state index in [2.05, 4.69) is 5.32 Å². The maximum absolute atomic E-state index is 12.8. The third-order valence-electron chi connectivity index (χ3n) is 3.92. The Morgan fingerprint density at radius 2 is 2.10 bits per heavy atom. The van der Waals surface area contributed by atoms with Gasteiger partial charge < -0.3 is 5.32 Å². The van der Waals surface area contributed by atoms with Gasteiger partial charge in [0.25, 0.3) is 0 Å². The van der Waals surface area contributed by atoms with Crippen LogP contribution in [-0.2, 0) is 10.0 Å². The smallest absolute Gasteiger partial charge is 0.243 e. The first kappa shape index (κ1) is 15.5. The van der Waals surface area contributed by atoms with Gasteiger partial charge in [0.1, 0.15) is 0 Å². The van der Waals surface area contributed by atoms with Crippen LogP contribution in [0.3, 0.4) is 0 Å². The number of rotatable bonds is 5. The minimum atomic E-state index is -3.38. The maximum Gasteiger partial charge on any atom is 0.243 e. The summed E-state index contributed by atoms with van der Waals surface area (Å²) in [5.74, 6) is 0.419. The first-order chi connectivity index (χ1) is 9.55. The van der Waals surface area contributed by atoms with Crippen LogP contribution in [0.25, 0.3) is 0 Å². The molecular weight excluding hydrogens is 272 g/mol. The van der Waals surface area contributed by atoms with E-state index in [1.807, 2.05) is 26.0 Å². The van der Waals surface area contributed by atoms with Gasteiger partial charge in [0.05, 0.1) is 4.90 Å². The van der Waals surface area contributed by atoms with Gasteiger partial charge >= 0.3 is 0 Å². The van der Waals surface area contributed by atoms with E-state index in [1.165, 1.54) is 0 Å². The number of piperidine rings is 1. The SMILES string of the molecule is CCN(CC1CCCNC1)S(=O)(=O)c1ccccc1C. The molecule has 0 spiro atoms. The second-order valence-corrected chi connectivity index (χ2v) is 7.34. The minimum absolute atomic E-state index is 0.419. The lowest BCUT2D eigenvalue weighted by Crippen LogP contribution is -2.41. The van der Waals surface area contributed by atoms with E-state index in [0.717, 1.165) is 31.5 Å².